The van der Waals surface area contributed by atoms with Crippen molar-refractivity contribution in [3.63, 3.8) is 0 Å². The zero-order valence-electron chi connectivity index (χ0n) is 67.1. The minimum Gasteiger partial charge on any atom is -0.432 e. The minimum atomic E-state index is -2.24. The van der Waals surface area contributed by atoms with Crippen LogP contribution in [0.4, 0.5) is 0 Å². The first-order chi connectivity index (χ1) is 55.5. The smallest absolute Gasteiger partial charge is 0.315 e. The van der Waals surface area contributed by atoms with E-state index in [1.807, 2.05) is 13.8 Å². The molecule has 0 unspecified atom stereocenters. The summed E-state index contributed by atoms with van der Waals surface area (Å²) in [5.74, 6) is -1.19. The number of rotatable bonds is 22. The number of carbonyl (C=O) groups is 1. The molecule has 118 heavy (non-hydrogen) atoms. The molecule has 41 nitrogen and oxygen atoms in total. The third-order valence-corrected chi connectivity index (χ3v) is 29.4. The Bertz CT molecular complexity index is 3360. The first-order valence-electron chi connectivity index (χ1n) is 41.2. The summed E-state index contributed by atoms with van der Waals surface area (Å²) in [6.45, 7) is 10.9. The maximum atomic E-state index is 15.8. The Morgan fingerprint density at radius 2 is 0.856 bits per heavy atom. The number of carbonyl (C=O) groups excluding carboxylic acids is 1. The molecule has 0 amide bonds. The Hall–Kier alpha value is -2.35. The van der Waals surface area contributed by atoms with Crippen LogP contribution in [0.15, 0.2) is 11.6 Å². The van der Waals surface area contributed by atoms with Crippen molar-refractivity contribution >= 4 is 5.97 Å². The Morgan fingerprint density at radius 1 is 0.398 bits per heavy atom. The van der Waals surface area contributed by atoms with E-state index < -0.39 is 331 Å². The Balaban J connectivity index is 0.747. The van der Waals surface area contributed by atoms with E-state index in [1.165, 1.54) is 6.92 Å². The van der Waals surface area contributed by atoms with E-state index in [2.05, 4.69) is 40.7 Å². The first-order valence-corrected chi connectivity index (χ1v) is 41.2. The van der Waals surface area contributed by atoms with Crippen LogP contribution in [0.1, 0.15) is 120 Å². The highest BCUT2D eigenvalue weighted by molar-refractivity contribution is 5.79. The number of aliphatic hydroxyl groups is 24. The van der Waals surface area contributed by atoms with Crippen molar-refractivity contribution in [1.29, 1.82) is 0 Å². The Kier molecular flexibility index (Phi) is 28.5. The van der Waals surface area contributed by atoms with Crippen LogP contribution in [0.5, 0.6) is 0 Å². The van der Waals surface area contributed by atoms with Gasteiger partial charge in [0.15, 0.2) is 50.1 Å². The number of esters is 1. The van der Waals surface area contributed by atoms with Gasteiger partial charge in [0.05, 0.1) is 63.9 Å². The average Bonchev–Trinajstić information content (AvgIpc) is 0.673. The van der Waals surface area contributed by atoms with Crippen molar-refractivity contribution in [2.24, 2.45) is 50.2 Å². The van der Waals surface area contributed by atoms with Gasteiger partial charge in [0, 0.05) is 0 Å². The van der Waals surface area contributed by atoms with E-state index in [0.717, 1.165) is 5.57 Å². The second-order valence-electron chi connectivity index (χ2n) is 37.1. The monoisotopic (exact) mass is 1710 g/mol. The van der Waals surface area contributed by atoms with Crippen LogP contribution in [-0.2, 0) is 80.6 Å². The fraction of sp³-hybridized carbons (Fsp3) is 0.961. The van der Waals surface area contributed by atoms with Crippen molar-refractivity contribution in [2.75, 3.05) is 46.2 Å². The van der Waals surface area contributed by atoms with Gasteiger partial charge >= 0.3 is 5.97 Å². The van der Waals surface area contributed by atoms with Gasteiger partial charge in [0.1, 0.15) is 177 Å². The molecule has 680 valence electrons. The molecule has 0 spiro atoms. The largest absolute Gasteiger partial charge is 0.432 e. The van der Waals surface area contributed by atoms with Gasteiger partial charge in [0.25, 0.3) is 0 Å². The summed E-state index contributed by atoms with van der Waals surface area (Å²) in [4.78, 5) is 15.8. The van der Waals surface area contributed by atoms with Gasteiger partial charge in [0.2, 0.25) is 6.29 Å². The predicted molar refractivity (Wildman–Crippen MR) is 386 cm³/mol. The molecule has 24 N–H and O–H groups in total. The normalized spacial score (nSPS) is 54.2. The molecule has 47 atom stereocenters. The topological polar surface area (TPSA) is 650 Å². The highest BCUT2D eigenvalue weighted by atomic mass is 16.8. The van der Waals surface area contributed by atoms with Crippen LogP contribution in [0.25, 0.3) is 0 Å². The van der Waals surface area contributed by atoms with E-state index in [4.69, 9.17) is 75.8 Å². The molecule has 0 bridgehead atoms. The van der Waals surface area contributed by atoms with Crippen molar-refractivity contribution in [1.82, 2.24) is 0 Å². The molecule has 4 saturated carbocycles. The van der Waals surface area contributed by atoms with Gasteiger partial charge in [-0.05, 0) is 116 Å². The van der Waals surface area contributed by atoms with Gasteiger partial charge in [-0.25, -0.2) is 0 Å². The summed E-state index contributed by atoms with van der Waals surface area (Å²) in [7, 11) is 0. The van der Waals surface area contributed by atoms with Gasteiger partial charge in [-0.1, -0.05) is 60.1 Å². The lowest BCUT2D eigenvalue weighted by molar-refractivity contribution is -0.406. The molecule has 0 radical (unpaired) electrons. The summed E-state index contributed by atoms with van der Waals surface area (Å²) in [5.41, 5.74) is -2.57. The quantitative estimate of drug-likeness (QED) is 0.0272. The van der Waals surface area contributed by atoms with E-state index in [-0.39, 0.29) is 17.3 Å². The number of fused-ring (bicyclic) bond motifs is 7. The van der Waals surface area contributed by atoms with Crippen LogP contribution in [0.2, 0.25) is 0 Å². The van der Waals surface area contributed by atoms with Crippen LogP contribution in [0.3, 0.4) is 0 Å². The molecule has 8 aliphatic heterocycles. The van der Waals surface area contributed by atoms with Crippen LogP contribution in [-0.4, -0.2) is 420 Å². The van der Waals surface area contributed by atoms with Crippen molar-refractivity contribution in [3.8, 4) is 0 Å². The molecule has 13 rings (SSSR count). The number of allylic oxidation sites excluding steroid dienone is 2. The van der Waals surface area contributed by atoms with Gasteiger partial charge in [-0.2, -0.15) is 0 Å². The van der Waals surface area contributed by atoms with Crippen molar-refractivity contribution < 1.29 is 203 Å². The van der Waals surface area contributed by atoms with E-state index in [9.17, 15) is 123 Å². The second-order valence-corrected chi connectivity index (χ2v) is 37.1. The molecule has 0 aromatic heterocycles. The Labute approximate surface area is 680 Å². The van der Waals surface area contributed by atoms with Crippen LogP contribution >= 0.6 is 0 Å². The molecule has 12 fully saturated rings. The maximum Gasteiger partial charge on any atom is 0.315 e. The standard InChI is InChI=1S/C77H126O41/c1-27-40(84)50(94)60(116-66-55(99)49(93)45(89)36(111-66)26-104-63-53(97)47(91)42(86)31(20-78)106-63)68(105-27)118-71(102)77-17-15-72(2,3)19-29(77)28-9-10-38-74(6)13-12-39(73(4,5)37(74)11-14-76(38,8)75(28,7)16-18-77)112-69-62(56(100)58(35(24-82)110-69)113-65-54(98)48(92)43(87)32(21-79)107-65)117-67-57(101)59(46(90)34(23-81)108-67)114-70-61(51(95)44(88)33(22-80)109-70)115-64-52(96)41(85)30(83)25-103-64/h9,27,29-70,78-101H,10-26H2,1-8H3/t27-,29-,30+,31+,32+,33+,34+,35+,36+,37-,38+,39-,40-,41-,42+,43+,44+,45+,46+,47-,48-,49-,50+,51-,52+,53+,54+,55+,56-,57+,58+,59-,60+,61+,62+,63+,64-,65-,66-,67-,68-,69-,70-,74-,75+,76+,77-/m0/s1. The lowest BCUT2D eigenvalue weighted by Crippen LogP contribution is -2.69. The van der Waals surface area contributed by atoms with E-state index in [0.29, 0.717) is 64.2 Å². The third kappa shape index (κ3) is 16.6. The summed E-state index contributed by atoms with van der Waals surface area (Å²) in [6.07, 6.45) is -65.0. The Morgan fingerprint density at radius 3 is 1.46 bits per heavy atom. The SMILES string of the molecule is C[C@@H]1O[C@@H](OC(=O)[C@]23CCC(C)(C)C[C@H]2C2=CC[C@@H]4[C@@]5(C)CC[C@H](O[C@@H]6O[C@H](CO)[C@@H](O[C@@H]7O[C@H](CO)[C@@H](O)[C@H](O)[C@H]7O)[C@H](O)[C@H]6O[C@@H]6O[C@H](CO)[C@@H](O)[C@H](O[C@@H]7O[C@H](CO)[C@@H](O)[C@H](O)[C@H]7O[C@@H]7OC[C@@H](O)[C@H](O)[C@H]7O)[C@H]6O)C(C)(C)[C@@H]5CC[C@@]4(C)[C@]2(C)CC3)[C@H](O[C@@H]2O[C@H](CO[C@@H]3O[C@H](CO)[C@@H](O)[C@H](O)[C@H]3O)[C@@H](O)[C@H](O)[C@H]2O)[C@H](O)[C@H]1O. The zero-order valence-corrected chi connectivity index (χ0v) is 67.1. The zero-order chi connectivity index (χ0) is 86.0. The maximum absolute atomic E-state index is 15.8. The lowest BCUT2D eigenvalue weighted by atomic mass is 9.33. The lowest BCUT2D eigenvalue weighted by Gasteiger charge is -2.71. The van der Waals surface area contributed by atoms with Crippen molar-refractivity contribution in [2.45, 2.75) is 365 Å². The molecule has 13 aliphatic rings. The summed E-state index contributed by atoms with van der Waals surface area (Å²) < 4.78 is 97.0. The summed E-state index contributed by atoms with van der Waals surface area (Å²) in [5, 5.41) is 264. The highest BCUT2D eigenvalue weighted by Gasteiger charge is 2.71. The van der Waals surface area contributed by atoms with Crippen molar-refractivity contribution in [3.05, 3.63) is 11.6 Å². The van der Waals surface area contributed by atoms with E-state index >= 15 is 4.79 Å². The van der Waals surface area contributed by atoms with Gasteiger partial charge < -0.3 is 198 Å². The van der Waals surface area contributed by atoms with Crippen LogP contribution in [0, 0.1) is 50.2 Å². The highest BCUT2D eigenvalue weighted by Crippen LogP contribution is 2.76. The van der Waals surface area contributed by atoms with E-state index in [1.54, 1.807) is 0 Å². The minimum absolute atomic E-state index is 0.00160. The fourth-order valence-electron chi connectivity index (χ4n) is 22.0. The van der Waals surface area contributed by atoms with Gasteiger partial charge in [-0.3, -0.25) is 4.79 Å². The summed E-state index contributed by atoms with van der Waals surface area (Å²) >= 11 is 0. The second kappa shape index (κ2) is 36.1. The fourth-order valence-corrected chi connectivity index (χ4v) is 22.0. The molecule has 8 saturated heterocycles. The third-order valence-electron chi connectivity index (χ3n) is 29.4. The van der Waals surface area contributed by atoms with Crippen LogP contribution < -0.4 is 0 Å². The number of aliphatic hydroxyl groups excluding tert-OH is 24. The first kappa shape index (κ1) is 93.3. The number of hydrogen-bond acceptors (Lipinski definition) is 41. The molecule has 0 aromatic rings. The average molecular weight is 1710 g/mol. The van der Waals surface area contributed by atoms with Gasteiger partial charge in [-0.15, -0.1) is 0 Å². The number of ether oxygens (including phenoxy) is 16. The molecule has 8 heterocycles. The summed E-state index contributed by atoms with van der Waals surface area (Å²) in [6, 6.07) is 0. The molecule has 5 aliphatic carbocycles. The molecule has 41 heteroatoms. The number of hydrogen-bond donors (Lipinski definition) is 24. The molecule has 0 aromatic carbocycles. The predicted octanol–water partition coefficient (Wildman–Crippen LogP) is -9.07. The molecular weight excluding hydrogens is 1580 g/mol. The molecular formula is C77H126O41.